The molecule has 1 aromatic rings. The Kier molecular flexibility index (Phi) is 5.21. The van der Waals surface area contributed by atoms with E-state index in [1.54, 1.807) is 6.20 Å². The van der Waals surface area contributed by atoms with E-state index >= 15 is 0 Å². The fraction of sp³-hybridized carbons (Fsp3) is 0.714. The minimum Gasteiger partial charge on any atom is -0.378 e. The number of aromatic nitrogens is 2. The minimum absolute atomic E-state index is 0.0491. The summed E-state index contributed by atoms with van der Waals surface area (Å²) in [5.41, 5.74) is 6.85. The number of hydrogen-bond donors (Lipinski definition) is 2. The van der Waals surface area contributed by atoms with Gasteiger partial charge >= 0.3 is 0 Å². The van der Waals surface area contributed by atoms with Crippen LogP contribution in [0.25, 0.3) is 0 Å². The van der Waals surface area contributed by atoms with E-state index in [-0.39, 0.29) is 23.7 Å². The van der Waals surface area contributed by atoms with Crippen LogP contribution in [-0.4, -0.2) is 21.9 Å². The highest BCUT2D eigenvalue weighted by molar-refractivity contribution is 9.10. The smallest absolute Gasteiger partial charge is 0.283 e. The third-order valence-corrected chi connectivity index (χ3v) is 4.61. The van der Waals surface area contributed by atoms with Crippen LogP contribution in [0.2, 0.25) is 0 Å². The molecule has 1 heterocycles. The van der Waals surface area contributed by atoms with Gasteiger partial charge in [0.15, 0.2) is 0 Å². The van der Waals surface area contributed by atoms with E-state index in [1.807, 2.05) is 13.8 Å². The molecule has 3 N–H and O–H groups in total. The summed E-state index contributed by atoms with van der Waals surface area (Å²) in [7, 11) is 0. The summed E-state index contributed by atoms with van der Waals surface area (Å²) in [6, 6.07) is 0.398. The molecule has 0 radical (unpaired) electrons. The Labute approximate surface area is 128 Å². The SMILES string of the molecule is CC(C)n1ncc(NC2CCCCCC2N)c(Br)c1=O. The summed E-state index contributed by atoms with van der Waals surface area (Å²) in [5, 5.41) is 7.62. The summed E-state index contributed by atoms with van der Waals surface area (Å²) in [5.74, 6) is 0. The zero-order valence-electron chi connectivity index (χ0n) is 12.1. The zero-order chi connectivity index (χ0) is 14.7. The van der Waals surface area contributed by atoms with Gasteiger partial charge in [-0.15, -0.1) is 0 Å². The molecule has 2 atom stereocenters. The number of halogens is 1. The standard InChI is InChI=1S/C14H23BrN4O/c1-9(2)19-14(20)13(15)12(8-17-19)18-11-7-5-3-4-6-10(11)16/h8-11,18H,3-7,16H2,1-2H3. The van der Waals surface area contributed by atoms with Crippen LogP contribution in [-0.2, 0) is 0 Å². The first kappa shape index (κ1) is 15.5. The molecule has 1 saturated carbocycles. The largest absolute Gasteiger partial charge is 0.378 e. The van der Waals surface area contributed by atoms with Crippen molar-refractivity contribution in [3.05, 3.63) is 21.0 Å². The lowest BCUT2D eigenvalue weighted by atomic mass is 10.0. The fourth-order valence-electron chi connectivity index (χ4n) is 2.63. The van der Waals surface area contributed by atoms with Crippen molar-refractivity contribution < 1.29 is 0 Å². The zero-order valence-corrected chi connectivity index (χ0v) is 13.7. The molecule has 0 aliphatic heterocycles. The molecule has 0 saturated heterocycles. The molecule has 20 heavy (non-hydrogen) atoms. The van der Waals surface area contributed by atoms with Gasteiger partial charge in [-0.05, 0) is 42.6 Å². The topological polar surface area (TPSA) is 72.9 Å². The molecular weight excluding hydrogens is 320 g/mol. The van der Waals surface area contributed by atoms with Crippen molar-refractivity contribution in [3.63, 3.8) is 0 Å². The van der Waals surface area contributed by atoms with Crippen LogP contribution >= 0.6 is 15.9 Å². The molecular formula is C14H23BrN4O. The van der Waals surface area contributed by atoms with Crippen LogP contribution in [0.15, 0.2) is 15.5 Å². The molecule has 1 fully saturated rings. The number of rotatable bonds is 3. The van der Waals surface area contributed by atoms with E-state index in [2.05, 4.69) is 26.3 Å². The Morgan fingerprint density at radius 3 is 2.80 bits per heavy atom. The Morgan fingerprint density at radius 1 is 1.40 bits per heavy atom. The lowest BCUT2D eigenvalue weighted by molar-refractivity contribution is 0.497. The Bertz CT molecular complexity index is 514. The van der Waals surface area contributed by atoms with Crippen molar-refractivity contribution in [2.45, 2.75) is 64.1 Å². The molecule has 1 aliphatic rings. The first-order valence-corrected chi connectivity index (χ1v) is 8.09. The van der Waals surface area contributed by atoms with Crippen molar-refractivity contribution in [1.82, 2.24) is 9.78 Å². The van der Waals surface area contributed by atoms with Gasteiger partial charge in [-0.25, -0.2) is 4.68 Å². The van der Waals surface area contributed by atoms with E-state index in [0.29, 0.717) is 4.47 Å². The molecule has 2 rings (SSSR count). The highest BCUT2D eigenvalue weighted by atomic mass is 79.9. The van der Waals surface area contributed by atoms with Gasteiger partial charge in [0.2, 0.25) is 0 Å². The number of nitrogens with two attached hydrogens (primary N) is 1. The Morgan fingerprint density at radius 2 is 2.10 bits per heavy atom. The molecule has 1 aliphatic carbocycles. The van der Waals surface area contributed by atoms with Crippen LogP contribution in [0, 0.1) is 0 Å². The van der Waals surface area contributed by atoms with Crippen molar-refractivity contribution >= 4 is 21.6 Å². The third kappa shape index (κ3) is 3.41. The summed E-state index contributed by atoms with van der Waals surface area (Å²) in [6.07, 6.45) is 7.39. The molecule has 1 aromatic heterocycles. The molecule has 0 amide bonds. The average Bonchev–Trinajstić information content (AvgIpc) is 2.60. The van der Waals surface area contributed by atoms with E-state index < -0.39 is 0 Å². The lowest BCUT2D eigenvalue weighted by Crippen LogP contribution is -2.40. The van der Waals surface area contributed by atoms with Crippen molar-refractivity contribution in [2.24, 2.45) is 5.73 Å². The number of hydrogen-bond acceptors (Lipinski definition) is 4. The molecule has 5 nitrogen and oxygen atoms in total. The quantitative estimate of drug-likeness (QED) is 0.828. The highest BCUT2D eigenvalue weighted by Crippen LogP contribution is 2.23. The van der Waals surface area contributed by atoms with E-state index in [4.69, 9.17) is 5.73 Å². The maximum Gasteiger partial charge on any atom is 0.283 e. The first-order chi connectivity index (χ1) is 9.50. The van der Waals surface area contributed by atoms with E-state index in [0.717, 1.165) is 18.5 Å². The van der Waals surface area contributed by atoms with Gasteiger partial charge < -0.3 is 11.1 Å². The van der Waals surface area contributed by atoms with Crippen molar-refractivity contribution in [3.8, 4) is 0 Å². The van der Waals surface area contributed by atoms with Crippen molar-refractivity contribution in [1.29, 1.82) is 0 Å². The van der Waals surface area contributed by atoms with Gasteiger partial charge in [0, 0.05) is 12.1 Å². The normalized spacial score (nSPS) is 23.6. The average molecular weight is 343 g/mol. The van der Waals surface area contributed by atoms with Gasteiger partial charge in [-0.2, -0.15) is 5.10 Å². The van der Waals surface area contributed by atoms with Crippen LogP contribution in [0.1, 0.15) is 52.0 Å². The molecule has 0 aromatic carbocycles. The second-order valence-electron chi connectivity index (χ2n) is 5.77. The van der Waals surface area contributed by atoms with Crippen LogP contribution in [0.5, 0.6) is 0 Å². The maximum absolute atomic E-state index is 12.2. The monoisotopic (exact) mass is 342 g/mol. The van der Waals surface area contributed by atoms with E-state index in [1.165, 1.54) is 23.9 Å². The molecule has 112 valence electrons. The number of anilines is 1. The van der Waals surface area contributed by atoms with Crippen LogP contribution in [0.3, 0.4) is 0 Å². The summed E-state index contributed by atoms with van der Waals surface area (Å²) in [6.45, 7) is 3.88. The predicted octanol–water partition coefficient (Wildman–Crippen LogP) is 2.66. The second-order valence-corrected chi connectivity index (χ2v) is 6.56. The second kappa shape index (κ2) is 6.72. The molecule has 6 heteroatoms. The van der Waals surface area contributed by atoms with Gasteiger partial charge in [0.1, 0.15) is 4.47 Å². The molecule has 0 spiro atoms. The molecule has 2 unspecified atom stereocenters. The molecule has 0 bridgehead atoms. The lowest BCUT2D eigenvalue weighted by Gasteiger charge is -2.24. The minimum atomic E-state index is -0.104. The predicted molar refractivity (Wildman–Crippen MR) is 85.1 cm³/mol. The first-order valence-electron chi connectivity index (χ1n) is 7.30. The summed E-state index contributed by atoms with van der Waals surface area (Å²) < 4.78 is 2.01. The van der Waals surface area contributed by atoms with E-state index in [9.17, 15) is 4.79 Å². The van der Waals surface area contributed by atoms with Gasteiger partial charge in [0.25, 0.3) is 5.56 Å². The maximum atomic E-state index is 12.2. The highest BCUT2D eigenvalue weighted by Gasteiger charge is 2.22. The van der Waals surface area contributed by atoms with Gasteiger partial charge in [-0.3, -0.25) is 4.79 Å². The number of nitrogens with one attached hydrogen (secondary N) is 1. The van der Waals surface area contributed by atoms with Crippen LogP contribution < -0.4 is 16.6 Å². The summed E-state index contributed by atoms with van der Waals surface area (Å²) in [4.78, 5) is 12.2. The third-order valence-electron chi connectivity index (χ3n) is 3.84. The summed E-state index contributed by atoms with van der Waals surface area (Å²) >= 11 is 3.39. The number of nitrogens with zero attached hydrogens (tertiary/aromatic N) is 2. The van der Waals surface area contributed by atoms with Crippen molar-refractivity contribution in [2.75, 3.05) is 5.32 Å². The Balaban J connectivity index is 2.21. The Hall–Kier alpha value is -0.880. The fourth-order valence-corrected chi connectivity index (χ4v) is 3.03. The van der Waals surface area contributed by atoms with Gasteiger partial charge in [0.05, 0.1) is 17.9 Å². The van der Waals surface area contributed by atoms with Gasteiger partial charge in [-0.1, -0.05) is 19.3 Å². The van der Waals surface area contributed by atoms with Crippen LogP contribution in [0.4, 0.5) is 5.69 Å².